The minimum Gasteiger partial charge on any atom is -0.375 e. The maximum Gasteiger partial charge on any atom is 0.242 e. The number of hydrogen-bond donors (Lipinski definition) is 1. The van der Waals surface area contributed by atoms with Gasteiger partial charge in [-0.3, -0.25) is 4.79 Å². The van der Waals surface area contributed by atoms with E-state index in [0.29, 0.717) is 12.5 Å². The summed E-state index contributed by atoms with van der Waals surface area (Å²) in [4.78, 5) is 17.6. The van der Waals surface area contributed by atoms with Gasteiger partial charge in [0.15, 0.2) is 0 Å². The molecule has 7 heteroatoms. The lowest BCUT2D eigenvalue weighted by atomic mass is 9.96. The molecule has 25 heavy (non-hydrogen) atoms. The second-order valence-corrected chi connectivity index (χ2v) is 7.52. The molecule has 3 fully saturated rings. The van der Waals surface area contributed by atoms with Crippen molar-refractivity contribution in [2.75, 3.05) is 45.9 Å². The largest absolute Gasteiger partial charge is 0.375 e. The molecule has 1 amide bonds. The van der Waals surface area contributed by atoms with Crippen molar-refractivity contribution in [3.05, 3.63) is 0 Å². The lowest BCUT2D eigenvalue weighted by Crippen LogP contribution is -2.58. The minimum absolute atomic E-state index is 0. The van der Waals surface area contributed by atoms with Crippen molar-refractivity contribution < 1.29 is 9.53 Å². The van der Waals surface area contributed by atoms with Gasteiger partial charge >= 0.3 is 0 Å². The standard InChI is InChI=1S/C18H33N3O2.2ClH/c1-15-17(19-8-12-23-15)18(22)21-11-6-7-16(14-21)13-20-9-4-2-3-5-10-20;;/h15-17,19H,2-14H2,1H3;2*1H/t15-,16?,17+;;/m1../s1. The molecule has 0 bridgehead atoms. The molecule has 3 rings (SSSR count). The number of amides is 1. The number of carbonyl (C=O) groups is 1. The van der Waals surface area contributed by atoms with Gasteiger partial charge in [-0.1, -0.05) is 12.8 Å². The van der Waals surface area contributed by atoms with Crippen LogP contribution in [0.25, 0.3) is 0 Å². The fourth-order valence-electron chi connectivity index (χ4n) is 4.30. The van der Waals surface area contributed by atoms with Crippen LogP contribution >= 0.6 is 24.8 Å². The number of nitrogens with one attached hydrogen (secondary N) is 1. The highest BCUT2D eigenvalue weighted by Gasteiger charge is 2.34. The zero-order valence-electron chi connectivity index (χ0n) is 15.5. The van der Waals surface area contributed by atoms with Crippen LogP contribution in [0.2, 0.25) is 0 Å². The van der Waals surface area contributed by atoms with E-state index in [2.05, 4.69) is 15.1 Å². The van der Waals surface area contributed by atoms with Gasteiger partial charge in [0.2, 0.25) is 5.91 Å². The third kappa shape index (κ3) is 6.55. The molecule has 0 radical (unpaired) electrons. The Bertz CT molecular complexity index is 393. The number of piperidine rings is 1. The van der Waals surface area contributed by atoms with Crippen molar-refractivity contribution in [3.63, 3.8) is 0 Å². The van der Waals surface area contributed by atoms with Crippen molar-refractivity contribution in [2.45, 2.75) is 57.6 Å². The minimum atomic E-state index is -0.152. The fourth-order valence-corrected chi connectivity index (χ4v) is 4.30. The van der Waals surface area contributed by atoms with Crippen LogP contribution in [0.4, 0.5) is 0 Å². The van der Waals surface area contributed by atoms with E-state index >= 15 is 0 Å². The number of hydrogen-bond acceptors (Lipinski definition) is 4. The monoisotopic (exact) mass is 395 g/mol. The molecule has 3 saturated heterocycles. The number of rotatable bonds is 3. The lowest BCUT2D eigenvalue weighted by Gasteiger charge is -2.39. The maximum absolute atomic E-state index is 12.8. The van der Waals surface area contributed by atoms with Crippen LogP contribution in [0.15, 0.2) is 0 Å². The first-order valence-corrected chi connectivity index (χ1v) is 9.60. The van der Waals surface area contributed by atoms with Gasteiger partial charge in [0.05, 0.1) is 12.7 Å². The molecule has 5 nitrogen and oxygen atoms in total. The summed E-state index contributed by atoms with van der Waals surface area (Å²) in [6.45, 7) is 9.02. The summed E-state index contributed by atoms with van der Waals surface area (Å²) >= 11 is 0. The first-order valence-electron chi connectivity index (χ1n) is 9.60. The Balaban J connectivity index is 0.00000156. The average molecular weight is 396 g/mol. The molecule has 0 aromatic rings. The summed E-state index contributed by atoms with van der Waals surface area (Å²) in [6.07, 6.45) is 7.86. The molecule has 0 aromatic heterocycles. The van der Waals surface area contributed by atoms with Crippen LogP contribution in [0.3, 0.4) is 0 Å². The Morgan fingerprint density at radius 3 is 2.48 bits per heavy atom. The Hall–Kier alpha value is -0.0700. The van der Waals surface area contributed by atoms with Crippen molar-refractivity contribution >= 4 is 30.7 Å². The topological polar surface area (TPSA) is 44.8 Å². The van der Waals surface area contributed by atoms with Crippen LogP contribution in [0, 0.1) is 5.92 Å². The first-order chi connectivity index (χ1) is 11.2. The molecule has 1 unspecified atom stereocenters. The van der Waals surface area contributed by atoms with Crippen LogP contribution in [0.1, 0.15) is 45.4 Å². The van der Waals surface area contributed by atoms with Gasteiger partial charge in [0.25, 0.3) is 0 Å². The van der Waals surface area contributed by atoms with E-state index in [9.17, 15) is 4.79 Å². The van der Waals surface area contributed by atoms with Crippen LogP contribution in [-0.2, 0) is 9.53 Å². The molecular weight excluding hydrogens is 361 g/mol. The second-order valence-electron chi connectivity index (χ2n) is 7.52. The summed E-state index contributed by atoms with van der Waals surface area (Å²) in [5.74, 6) is 0.892. The van der Waals surface area contributed by atoms with Crippen LogP contribution in [0.5, 0.6) is 0 Å². The van der Waals surface area contributed by atoms with Crippen molar-refractivity contribution in [1.82, 2.24) is 15.1 Å². The molecule has 0 saturated carbocycles. The van der Waals surface area contributed by atoms with Gasteiger partial charge in [-0.25, -0.2) is 0 Å². The van der Waals surface area contributed by atoms with Gasteiger partial charge in [0, 0.05) is 26.2 Å². The van der Waals surface area contributed by atoms with E-state index in [0.717, 1.165) is 26.1 Å². The van der Waals surface area contributed by atoms with Crippen LogP contribution in [-0.4, -0.2) is 73.7 Å². The normalized spacial score (nSPS) is 31.4. The summed E-state index contributed by atoms with van der Waals surface area (Å²) in [6, 6.07) is -0.152. The lowest BCUT2D eigenvalue weighted by molar-refractivity contribution is -0.141. The quantitative estimate of drug-likeness (QED) is 0.796. The highest BCUT2D eigenvalue weighted by atomic mass is 35.5. The smallest absolute Gasteiger partial charge is 0.242 e. The van der Waals surface area contributed by atoms with Gasteiger partial charge < -0.3 is 19.9 Å². The summed E-state index contributed by atoms with van der Waals surface area (Å²) in [5.41, 5.74) is 0. The summed E-state index contributed by atoms with van der Waals surface area (Å²) in [7, 11) is 0. The van der Waals surface area contributed by atoms with E-state index in [4.69, 9.17) is 4.74 Å². The zero-order chi connectivity index (χ0) is 16.1. The Kier molecular flexibility index (Phi) is 10.7. The highest BCUT2D eigenvalue weighted by Crippen LogP contribution is 2.21. The predicted molar refractivity (Wildman–Crippen MR) is 106 cm³/mol. The fraction of sp³-hybridized carbons (Fsp3) is 0.944. The molecule has 3 atom stereocenters. The van der Waals surface area contributed by atoms with Gasteiger partial charge in [-0.05, 0) is 51.6 Å². The van der Waals surface area contributed by atoms with Crippen LogP contribution < -0.4 is 5.32 Å². The molecule has 3 aliphatic heterocycles. The van der Waals surface area contributed by atoms with E-state index in [1.54, 1.807) is 0 Å². The number of halogens is 2. The van der Waals surface area contributed by atoms with E-state index in [1.807, 2.05) is 6.92 Å². The molecular formula is C18H35Cl2N3O2. The third-order valence-corrected chi connectivity index (χ3v) is 5.63. The Morgan fingerprint density at radius 2 is 1.80 bits per heavy atom. The first kappa shape index (κ1) is 23.0. The molecule has 3 aliphatic rings. The number of carbonyl (C=O) groups excluding carboxylic acids is 1. The Morgan fingerprint density at radius 1 is 1.08 bits per heavy atom. The number of nitrogens with zero attached hydrogens (tertiary/aromatic N) is 2. The van der Waals surface area contributed by atoms with E-state index < -0.39 is 0 Å². The Labute approximate surface area is 165 Å². The predicted octanol–water partition coefficient (Wildman–Crippen LogP) is 2.32. The third-order valence-electron chi connectivity index (χ3n) is 5.63. The molecule has 0 aliphatic carbocycles. The number of ether oxygens (including phenoxy) is 1. The summed E-state index contributed by atoms with van der Waals surface area (Å²) < 4.78 is 5.65. The average Bonchev–Trinajstić information content (AvgIpc) is 2.84. The zero-order valence-corrected chi connectivity index (χ0v) is 17.1. The molecule has 0 aromatic carbocycles. The maximum atomic E-state index is 12.8. The molecule has 148 valence electrons. The molecule has 0 spiro atoms. The number of likely N-dealkylation sites (tertiary alicyclic amines) is 2. The molecule has 1 N–H and O–H groups in total. The van der Waals surface area contributed by atoms with E-state index in [1.165, 1.54) is 51.7 Å². The van der Waals surface area contributed by atoms with Gasteiger partial charge in [-0.15, -0.1) is 24.8 Å². The second kappa shape index (κ2) is 11.6. The summed E-state index contributed by atoms with van der Waals surface area (Å²) in [5, 5.41) is 3.34. The SMILES string of the molecule is C[C@H]1OCCN[C@@H]1C(=O)N1CCCC(CN2CCCCCC2)C1.Cl.Cl. The van der Waals surface area contributed by atoms with Crippen molar-refractivity contribution in [1.29, 1.82) is 0 Å². The van der Waals surface area contributed by atoms with Crippen molar-refractivity contribution in [3.8, 4) is 0 Å². The van der Waals surface area contributed by atoms with Crippen molar-refractivity contribution in [2.24, 2.45) is 5.92 Å². The number of morpholine rings is 1. The van der Waals surface area contributed by atoms with E-state index in [-0.39, 0.29) is 42.9 Å². The molecule has 3 heterocycles. The highest BCUT2D eigenvalue weighted by molar-refractivity contribution is 5.85. The van der Waals surface area contributed by atoms with Gasteiger partial charge in [-0.2, -0.15) is 0 Å². The van der Waals surface area contributed by atoms with Gasteiger partial charge in [0.1, 0.15) is 6.04 Å².